The largest absolute Gasteiger partial charge is 0.868 e. The van der Waals surface area contributed by atoms with Crippen molar-refractivity contribution in [2.45, 2.75) is 39.0 Å². The van der Waals surface area contributed by atoms with Crippen molar-refractivity contribution < 1.29 is 28.4 Å². The summed E-state index contributed by atoms with van der Waals surface area (Å²) in [7, 11) is 0. The zero-order chi connectivity index (χ0) is 22.7. The van der Waals surface area contributed by atoms with E-state index in [1.807, 2.05) is 37.1 Å². The van der Waals surface area contributed by atoms with Crippen LogP contribution in [0.4, 0.5) is 0 Å². The summed E-state index contributed by atoms with van der Waals surface area (Å²) >= 11 is 0. The molecular formula is C24H25N3O5. The van der Waals surface area contributed by atoms with Crippen LogP contribution in [0, 0.1) is 0 Å². The highest BCUT2D eigenvalue weighted by molar-refractivity contribution is 6.14. The van der Waals surface area contributed by atoms with Crippen molar-refractivity contribution in [1.82, 2.24) is 9.88 Å². The number of imidazole rings is 1. The number of nitrogens with one attached hydrogen (secondary N) is 1. The van der Waals surface area contributed by atoms with E-state index in [9.17, 15) is 14.7 Å². The second kappa shape index (κ2) is 9.13. The molecule has 1 N–H and O–H groups in total. The van der Waals surface area contributed by atoms with E-state index in [4.69, 9.17) is 9.15 Å². The molecule has 0 aliphatic carbocycles. The van der Waals surface area contributed by atoms with Gasteiger partial charge < -0.3 is 19.2 Å². The van der Waals surface area contributed by atoms with E-state index < -0.39 is 23.5 Å². The molecule has 1 aliphatic rings. The Morgan fingerprint density at radius 1 is 1.28 bits per heavy atom. The maximum atomic E-state index is 13.1. The maximum Gasteiger partial charge on any atom is 0.241 e. The second-order valence-electron chi connectivity index (χ2n) is 7.89. The van der Waals surface area contributed by atoms with E-state index in [2.05, 4.69) is 4.98 Å². The van der Waals surface area contributed by atoms with Crippen LogP contribution >= 0.6 is 0 Å². The number of aryl methyl sites for hydroxylation is 1. The van der Waals surface area contributed by atoms with Gasteiger partial charge in [0.05, 0.1) is 25.0 Å². The van der Waals surface area contributed by atoms with Gasteiger partial charge in [0.25, 0.3) is 0 Å². The molecule has 32 heavy (non-hydrogen) atoms. The molecule has 1 unspecified atom stereocenters. The Morgan fingerprint density at radius 3 is 2.69 bits per heavy atom. The predicted molar refractivity (Wildman–Crippen MR) is 112 cm³/mol. The molecule has 0 saturated carbocycles. The van der Waals surface area contributed by atoms with E-state index in [1.54, 1.807) is 30.3 Å². The van der Waals surface area contributed by atoms with Crippen LogP contribution in [-0.2, 0) is 11.3 Å². The highest BCUT2D eigenvalue weighted by Gasteiger charge is 2.40. The first-order chi connectivity index (χ1) is 15.5. The Kier molecular flexibility index (Phi) is 6.11. The van der Waals surface area contributed by atoms with Gasteiger partial charge in [0.2, 0.25) is 18.0 Å². The lowest BCUT2D eigenvalue weighted by Crippen LogP contribution is -2.37. The van der Waals surface area contributed by atoms with Gasteiger partial charge in [-0.25, -0.2) is 4.57 Å². The first-order valence-electron chi connectivity index (χ1n) is 10.5. The van der Waals surface area contributed by atoms with Crippen LogP contribution in [0.15, 0.2) is 77.1 Å². The zero-order valence-electron chi connectivity index (χ0n) is 18.0. The van der Waals surface area contributed by atoms with Gasteiger partial charge in [-0.15, -0.1) is 0 Å². The van der Waals surface area contributed by atoms with Gasteiger partial charge in [0.1, 0.15) is 18.1 Å². The highest BCUT2D eigenvalue weighted by atomic mass is 16.5. The Labute approximate surface area is 185 Å². The molecule has 0 bridgehead atoms. The van der Waals surface area contributed by atoms with E-state index in [-0.39, 0.29) is 17.4 Å². The average molecular weight is 435 g/mol. The van der Waals surface area contributed by atoms with Crippen LogP contribution in [-0.4, -0.2) is 34.2 Å². The number of H-pyrrole nitrogens is 1. The van der Waals surface area contributed by atoms with Crippen molar-refractivity contribution in [2.75, 3.05) is 6.54 Å². The molecule has 2 aromatic heterocycles. The summed E-state index contributed by atoms with van der Waals surface area (Å²) in [6, 6.07) is 9.44. The third-order valence-corrected chi connectivity index (χ3v) is 5.26. The fourth-order valence-electron chi connectivity index (χ4n) is 3.87. The molecule has 1 aliphatic heterocycles. The molecule has 8 heteroatoms. The number of ether oxygens (including phenoxy) is 1. The third kappa shape index (κ3) is 4.30. The number of amides is 1. The third-order valence-electron chi connectivity index (χ3n) is 5.26. The number of carbonyl (C=O) groups excluding carboxylic acids is 2. The number of hydrogen-bond donors (Lipinski definition) is 1. The molecule has 1 amide bonds. The minimum atomic E-state index is -0.784. The summed E-state index contributed by atoms with van der Waals surface area (Å²) < 4.78 is 12.9. The number of rotatable bonds is 9. The van der Waals surface area contributed by atoms with E-state index in [0.29, 0.717) is 30.8 Å². The number of benzene rings is 1. The van der Waals surface area contributed by atoms with Crippen molar-refractivity contribution in [1.29, 1.82) is 0 Å². The molecule has 1 aromatic carbocycles. The number of ketones is 1. The minimum absolute atomic E-state index is 0.0144. The summed E-state index contributed by atoms with van der Waals surface area (Å²) in [4.78, 5) is 30.5. The molecular weight excluding hydrogens is 410 g/mol. The van der Waals surface area contributed by atoms with Gasteiger partial charge in [0, 0.05) is 18.5 Å². The number of furan rings is 1. The van der Waals surface area contributed by atoms with Crippen LogP contribution in [0.2, 0.25) is 0 Å². The summed E-state index contributed by atoms with van der Waals surface area (Å²) in [6.45, 7) is 4.85. The van der Waals surface area contributed by atoms with Gasteiger partial charge in [-0.1, -0.05) is 12.1 Å². The SMILES string of the molecule is CC(C)Oc1ccc(C2C(C(=O)c3ccco3)=C([O-])C(=O)N2CCC[n+]2cc[nH]c2)cc1. The van der Waals surface area contributed by atoms with Gasteiger partial charge in [-0.05, 0) is 49.4 Å². The molecule has 4 rings (SSSR count). The summed E-state index contributed by atoms with van der Waals surface area (Å²) in [5.41, 5.74) is 0.585. The summed E-state index contributed by atoms with van der Waals surface area (Å²) in [5.74, 6) is -1.31. The van der Waals surface area contributed by atoms with Gasteiger partial charge >= 0.3 is 0 Å². The van der Waals surface area contributed by atoms with Crippen LogP contribution in [0.25, 0.3) is 0 Å². The molecule has 166 valence electrons. The number of aromatic amines is 1. The lowest BCUT2D eigenvalue weighted by molar-refractivity contribution is -0.695. The van der Waals surface area contributed by atoms with Crippen LogP contribution in [0.1, 0.15) is 42.4 Å². The zero-order valence-corrected chi connectivity index (χ0v) is 18.0. The number of carbonyl (C=O) groups is 2. The number of nitrogens with zero attached hydrogens (tertiary/aromatic N) is 2. The Bertz CT molecular complexity index is 1100. The molecule has 3 aromatic rings. The fraction of sp³-hybridized carbons (Fsp3) is 0.292. The van der Waals surface area contributed by atoms with Crippen LogP contribution < -0.4 is 14.4 Å². The van der Waals surface area contributed by atoms with Crippen molar-refractivity contribution in [3.05, 3.63) is 84.0 Å². The Morgan fingerprint density at radius 2 is 2.06 bits per heavy atom. The lowest BCUT2D eigenvalue weighted by atomic mass is 9.95. The maximum absolute atomic E-state index is 13.1. The molecule has 0 spiro atoms. The smallest absolute Gasteiger partial charge is 0.241 e. The quantitative estimate of drug-likeness (QED) is 0.410. The predicted octanol–water partition coefficient (Wildman–Crippen LogP) is 2.15. The summed E-state index contributed by atoms with van der Waals surface area (Å²) in [5, 5.41) is 12.9. The molecule has 0 saturated heterocycles. The number of hydrogen-bond acceptors (Lipinski definition) is 5. The van der Waals surface area contributed by atoms with E-state index >= 15 is 0 Å². The molecule has 0 radical (unpaired) electrons. The van der Waals surface area contributed by atoms with Crippen LogP contribution in [0.3, 0.4) is 0 Å². The second-order valence-corrected chi connectivity index (χ2v) is 7.89. The molecule has 8 nitrogen and oxygen atoms in total. The van der Waals surface area contributed by atoms with Crippen LogP contribution in [0.5, 0.6) is 5.75 Å². The number of aromatic nitrogens is 2. The first-order valence-corrected chi connectivity index (χ1v) is 10.5. The Balaban J connectivity index is 1.64. The average Bonchev–Trinajstić information content (AvgIpc) is 3.52. The fourth-order valence-corrected chi connectivity index (χ4v) is 3.87. The van der Waals surface area contributed by atoms with Crippen molar-refractivity contribution in [3.8, 4) is 5.75 Å². The van der Waals surface area contributed by atoms with Crippen molar-refractivity contribution in [3.63, 3.8) is 0 Å². The first kappa shape index (κ1) is 21.4. The van der Waals surface area contributed by atoms with Gasteiger partial charge in [0.15, 0.2) is 5.76 Å². The molecule has 1 atom stereocenters. The lowest BCUT2D eigenvalue weighted by Gasteiger charge is -2.27. The Hall–Kier alpha value is -3.81. The summed E-state index contributed by atoms with van der Waals surface area (Å²) in [6.07, 6.45) is 7.52. The topological polar surface area (TPSA) is 102 Å². The van der Waals surface area contributed by atoms with Crippen molar-refractivity contribution in [2.24, 2.45) is 0 Å². The van der Waals surface area contributed by atoms with E-state index in [1.165, 1.54) is 17.2 Å². The highest BCUT2D eigenvalue weighted by Crippen LogP contribution is 2.38. The number of Topliss-reactive ketones (excluding diaryl/α,β-unsaturated/α-hetero) is 1. The monoisotopic (exact) mass is 435 g/mol. The van der Waals surface area contributed by atoms with E-state index in [0.717, 1.165) is 0 Å². The normalized spacial score (nSPS) is 16.3. The van der Waals surface area contributed by atoms with Gasteiger partial charge in [-0.3, -0.25) is 14.6 Å². The molecule has 0 fully saturated rings. The van der Waals surface area contributed by atoms with Crippen molar-refractivity contribution >= 4 is 11.7 Å². The minimum Gasteiger partial charge on any atom is -0.868 e. The van der Waals surface area contributed by atoms with Gasteiger partial charge in [-0.2, -0.15) is 0 Å². The molecule has 3 heterocycles. The standard InChI is InChI=1S/C24H25N3O5/c1-16(2)32-18-8-6-17(7-9-18)21-20(22(28)19-5-3-14-31-19)23(29)24(30)27(21)12-4-11-26-13-10-25-15-26/h3,5-10,13-16,21H,4,11-12H2,1-2H3,(H,28,29).